The number of hydrogen-bond acceptors (Lipinski definition) is 5. The lowest BCUT2D eigenvalue weighted by molar-refractivity contribution is 0.586. The first-order valence-electron chi connectivity index (χ1n) is 11.9. The van der Waals surface area contributed by atoms with E-state index in [1.54, 1.807) is 18.5 Å². The molecule has 0 fully saturated rings. The van der Waals surface area contributed by atoms with Gasteiger partial charge in [0.05, 0.1) is 41.2 Å². The molecule has 0 amide bonds. The largest absolute Gasteiger partial charge is 0.353 e. The zero-order valence-electron chi connectivity index (χ0n) is 20.9. The lowest BCUT2D eigenvalue weighted by Gasteiger charge is -2.08. The number of benzene rings is 2. The van der Waals surface area contributed by atoms with Crippen LogP contribution in [-0.4, -0.2) is 44.4 Å². The minimum absolute atomic E-state index is 0.00374. The third-order valence-corrected chi connectivity index (χ3v) is 7.33. The Bertz CT molecular complexity index is 1950. The molecular weight excluding hydrogens is 505 g/mol. The molecule has 9 nitrogen and oxygen atoms in total. The molecule has 0 atom stereocenters. The van der Waals surface area contributed by atoms with Crippen molar-refractivity contribution in [1.29, 1.82) is 0 Å². The van der Waals surface area contributed by atoms with Crippen molar-refractivity contribution in [3.05, 3.63) is 78.1 Å². The molecule has 0 saturated carbocycles. The summed E-state index contributed by atoms with van der Waals surface area (Å²) in [6.45, 7) is 1.95. The van der Waals surface area contributed by atoms with Crippen LogP contribution in [0.3, 0.4) is 0 Å². The first-order chi connectivity index (χ1) is 18.2. The number of aromatic nitrogens is 6. The monoisotopic (exact) mass is 529 g/mol. The Morgan fingerprint density at radius 2 is 1.87 bits per heavy atom. The van der Waals surface area contributed by atoms with E-state index in [2.05, 4.69) is 29.9 Å². The fraction of sp³-hybridized carbons (Fsp3) is 0.148. The summed E-state index contributed by atoms with van der Waals surface area (Å²) >= 11 is 0. The highest BCUT2D eigenvalue weighted by Crippen LogP contribution is 2.35. The number of nitrogens with one attached hydrogen (secondary N) is 3. The number of imidazole rings is 1. The maximum Gasteiger partial charge on any atom is 0.209 e. The highest BCUT2D eigenvalue weighted by Gasteiger charge is 2.16. The molecular formula is C27H24FN7O2S. The number of nitrogens with zero attached hydrogens (tertiary/aromatic N) is 4. The molecule has 0 spiro atoms. The Morgan fingerprint density at radius 3 is 2.63 bits per heavy atom. The zero-order chi connectivity index (χ0) is 26.6. The van der Waals surface area contributed by atoms with Crippen LogP contribution in [-0.2, 0) is 23.6 Å². The molecule has 4 aromatic heterocycles. The van der Waals surface area contributed by atoms with E-state index in [9.17, 15) is 12.8 Å². The number of aryl methyl sites for hydroxylation is 1. The number of sulfonamides is 1. The van der Waals surface area contributed by atoms with Crippen molar-refractivity contribution < 1.29 is 12.8 Å². The van der Waals surface area contributed by atoms with Crippen molar-refractivity contribution in [2.75, 3.05) is 6.26 Å². The van der Waals surface area contributed by atoms with Gasteiger partial charge in [-0.2, -0.15) is 5.10 Å². The second kappa shape index (κ2) is 8.89. The smallest absolute Gasteiger partial charge is 0.209 e. The molecule has 192 valence electrons. The second-order valence-corrected chi connectivity index (χ2v) is 11.2. The lowest BCUT2D eigenvalue weighted by atomic mass is 9.99. The number of pyridine rings is 1. The second-order valence-electron chi connectivity index (χ2n) is 9.33. The molecule has 6 rings (SSSR count). The first-order valence-corrected chi connectivity index (χ1v) is 13.7. The van der Waals surface area contributed by atoms with Crippen molar-refractivity contribution in [3.63, 3.8) is 0 Å². The van der Waals surface area contributed by atoms with E-state index in [0.717, 1.165) is 62.2 Å². The Morgan fingerprint density at radius 1 is 1.03 bits per heavy atom. The summed E-state index contributed by atoms with van der Waals surface area (Å²) in [7, 11) is -1.45. The van der Waals surface area contributed by atoms with E-state index in [0.29, 0.717) is 11.1 Å². The van der Waals surface area contributed by atoms with Gasteiger partial charge in [-0.1, -0.05) is 12.1 Å². The van der Waals surface area contributed by atoms with Crippen LogP contribution >= 0.6 is 0 Å². The Hall–Kier alpha value is -4.35. The summed E-state index contributed by atoms with van der Waals surface area (Å²) in [5, 5.41) is 9.41. The number of aromatic amines is 2. The Labute approximate surface area is 217 Å². The normalized spacial score (nSPS) is 12.1. The predicted octanol–water partition coefficient (Wildman–Crippen LogP) is 4.67. The van der Waals surface area contributed by atoms with Crippen LogP contribution in [0.15, 0.2) is 60.9 Å². The fourth-order valence-electron chi connectivity index (χ4n) is 4.66. The fourth-order valence-corrected chi connectivity index (χ4v) is 5.09. The summed E-state index contributed by atoms with van der Waals surface area (Å²) in [5.74, 6) is 0.453. The van der Waals surface area contributed by atoms with Crippen molar-refractivity contribution >= 4 is 31.8 Å². The quantitative estimate of drug-likeness (QED) is 0.290. The van der Waals surface area contributed by atoms with Gasteiger partial charge in [-0.05, 0) is 60.0 Å². The Kier molecular flexibility index (Phi) is 5.62. The van der Waals surface area contributed by atoms with Crippen LogP contribution in [0.2, 0.25) is 0 Å². The standard InChI is InChI=1S/C27H24FN7O2S/c1-15-29-14-26(35(15)2)23-11-21-25(13-30-23)33-34-27(21)24-10-20-19(5-4-6-22(20)32-24)17-7-16(8-18(28)9-17)12-31-38(3,36)37/h4-11,13-14,31-32H,12H2,1-3H3,(H,33,34). The van der Waals surface area contributed by atoms with Gasteiger partial charge in [-0.25, -0.2) is 22.5 Å². The third kappa shape index (κ3) is 4.35. The average molecular weight is 530 g/mol. The van der Waals surface area contributed by atoms with Gasteiger partial charge in [0.1, 0.15) is 17.3 Å². The molecule has 11 heteroatoms. The van der Waals surface area contributed by atoms with Crippen molar-refractivity contribution in [2.24, 2.45) is 7.05 Å². The third-order valence-electron chi connectivity index (χ3n) is 6.66. The number of halogens is 1. The summed E-state index contributed by atoms with van der Waals surface area (Å²) < 4.78 is 42.0. The van der Waals surface area contributed by atoms with Crippen molar-refractivity contribution in [2.45, 2.75) is 13.5 Å². The number of H-pyrrole nitrogens is 2. The van der Waals surface area contributed by atoms with E-state index in [1.165, 1.54) is 12.1 Å². The van der Waals surface area contributed by atoms with Crippen LogP contribution in [0.5, 0.6) is 0 Å². The molecule has 2 aromatic carbocycles. The van der Waals surface area contributed by atoms with Crippen LogP contribution in [0.1, 0.15) is 11.4 Å². The molecule has 0 unspecified atom stereocenters. The van der Waals surface area contributed by atoms with E-state index in [1.807, 2.05) is 48.9 Å². The van der Waals surface area contributed by atoms with Crippen LogP contribution in [0, 0.1) is 12.7 Å². The highest BCUT2D eigenvalue weighted by molar-refractivity contribution is 7.88. The summed E-state index contributed by atoms with van der Waals surface area (Å²) in [4.78, 5) is 12.4. The molecule has 3 N–H and O–H groups in total. The number of fused-ring (bicyclic) bond motifs is 2. The molecule has 4 heterocycles. The maximum atomic E-state index is 14.5. The van der Waals surface area contributed by atoms with Gasteiger partial charge >= 0.3 is 0 Å². The predicted molar refractivity (Wildman–Crippen MR) is 145 cm³/mol. The van der Waals surface area contributed by atoms with E-state index >= 15 is 0 Å². The van der Waals surface area contributed by atoms with Crippen LogP contribution < -0.4 is 4.72 Å². The number of rotatable bonds is 6. The summed E-state index contributed by atoms with van der Waals surface area (Å²) in [5.41, 5.74) is 6.89. The van der Waals surface area contributed by atoms with Gasteiger partial charge < -0.3 is 9.55 Å². The van der Waals surface area contributed by atoms with Crippen molar-refractivity contribution in [3.8, 4) is 33.9 Å². The van der Waals surface area contributed by atoms with Gasteiger partial charge in [0.2, 0.25) is 10.0 Å². The minimum Gasteiger partial charge on any atom is -0.353 e. The summed E-state index contributed by atoms with van der Waals surface area (Å²) in [6, 6.07) is 14.3. The molecule has 0 bridgehead atoms. The molecule has 0 aliphatic carbocycles. The summed E-state index contributed by atoms with van der Waals surface area (Å²) in [6.07, 6.45) is 4.64. The van der Waals surface area contributed by atoms with Gasteiger partial charge in [0.25, 0.3) is 0 Å². The lowest BCUT2D eigenvalue weighted by Crippen LogP contribution is -2.21. The molecule has 0 radical (unpaired) electrons. The Balaban J connectivity index is 1.44. The van der Waals surface area contributed by atoms with Gasteiger partial charge in [0.15, 0.2) is 0 Å². The first kappa shape index (κ1) is 24.0. The minimum atomic E-state index is -3.41. The van der Waals surface area contributed by atoms with Crippen LogP contribution in [0.4, 0.5) is 4.39 Å². The van der Waals surface area contributed by atoms with Crippen LogP contribution in [0.25, 0.3) is 55.7 Å². The molecule has 6 aromatic rings. The maximum absolute atomic E-state index is 14.5. The van der Waals surface area contributed by atoms with E-state index < -0.39 is 15.8 Å². The van der Waals surface area contributed by atoms with E-state index in [-0.39, 0.29) is 6.54 Å². The van der Waals surface area contributed by atoms with E-state index in [4.69, 9.17) is 0 Å². The molecule has 0 aliphatic rings. The van der Waals surface area contributed by atoms with Crippen molar-refractivity contribution in [1.82, 2.24) is 34.4 Å². The van der Waals surface area contributed by atoms with Gasteiger partial charge in [0, 0.05) is 29.9 Å². The molecule has 0 aliphatic heterocycles. The molecule has 0 saturated heterocycles. The van der Waals surface area contributed by atoms with Gasteiger partial charge in [-0.3, -0.25) is 10.1 Å². The highest BCUT2D eigenvalue weighted by atomic mass is 32.2. The number of hydrogen-bond donors (Lipinski definition) is 3. The topological polar surface area (TPSA) is 121 Å². The SMILES string of the molecule is Cc1ncc(-c2cc3c(-c4cc5c(-c6cc(F)cc(CNS(C)(=O)=O)c6)cccc5[nH]4)n[nH]c3cn2)n1C. The average Bonchev–Trinajstić information content (AvgIpc) is 3.58. The zero-order valence-corrected chi connectivity index (χ0v) is 21.7. The molecule has 38 heavy (non-hydrogen) atoms. The van der Waals surface area contributed by atoms with Gasteiger partial charge in [-0.15, -0.1) is 0 Å².